The van der Waals surface area contributed by atoms with Crippen LogP contribution in [0, 0.1) is 0 Å². The number of anilines is 1. The van der Waals surface area contributed by atoms with Gasteiger partial charge in [-0.3, -0.25) is 4.79 Å². The van der Waals surface area contributed by atoms with Gasteiger partial charge in [-0.25, -0.2) is 0 Å². The Morgan fingerprint density at radius 3 is 3.00 bits per heavy atom. The first-order valence-corrected chi connectivity index (χ1v) is 6.43. The van der Waals surface area contributed by atoms with Gasteiger partial charge in [0.25, 0.3) is 0 Å². The highest BCUT2D eigenvalue weighted by Crippen LogP contribution is 2.27. The molecular formula is C13H18Cl2N2O2. The molecule has 1 unspecified atom stereocenters. The summed E-state index contributed by atoms with van der Waals surface area (Å²) in [5, 5.41) is 6.69. The molecule has 1 aliphatic heterocycles. The zero-order valence-electron chi connectivity index (χ0n) is 10.7. The largest absolute Gasteiger partial charge is 0.495 e. The van der Waals surface area contributed by atoms with Gasteiger partial charge in [0.2, 0.25) is 5.91 Å². The molecule has 1 aromatic rings. The van der Waals surface area contributed by atoms with Crippen LogP contribution in [-0.4, -0.2) is 25.6 Å². The first-order chi connectivity index (χ1) is 8.69. The van der Waals surface area contributed by atoms with Crippen molar-refractivity contribution < 1.29 is 9.53 Å². The molecule has 1 aromatic carbocycles. The summed E-state index contributed by atoms with van der Waals surface area (Å²) >= 11 is 5.92. The minimum Gasteiger partial charge on any atom is -0.495 e. The van der Waals surface area contributed by atoms with E-state index in [4.69, 9.17) is 16.3 Å². The maximum atomic E-state index is 11.8. The minimum atomic E-state index is 0. The Bertz CT molecular complexity index is 435. The average Bonchev–Trinajstić information content (AvgIpc) is 2.84. The molecule has 0 radical (unpaired) electrons. The number of ether oxygens (including phenoxy) is 1. The lowest BCUT2D eigenvalue weighted by molar-refractivity contribution is -0.116. The second kappa shape index (κ2) is 7.58. The number of halogens is 2. The van der Waals surface area contributed by atoms with Crippen molar-refractivity contribution in [2.75, 3.05) is 19.0 Å². The van der Waals surface area contributed by atoms with Gasteiger partial charge in [-0.1, -0.05) is 11.6 Å². The normalized spacial score (nSPS) is 17.7. The Hall–Kier alpha value is -0.970. The Balaban J connectivity index is 0.00000180. The van der Waals surface area contributed by atoms with E-state index in [0.717, 1.165) is 19.4 Å². The number of carbonyl (C=O) groups is 1. The summed E-state index contributed by atoms with van der Waals surface area (Å²) in [6, 6.07) is 5.51. The number of methoxy groups -OCH3 is 1. The van der Waals surface area contributed by atoms with Gasteiger partial charge >= 0.3 is 0 Å². The smallest absolute Gasteiger partial charge is 0.225 e. The van der Waals surface area contributed by atoms with E-state index in [0.29, 0.717) is 28.9 Å². The molecule has 1 heterocycles. The van der Waals surface area contributed by atoms with Crippen LogP contribution >= 0.6 is 24.0 Å². The van der Waals surface area contributed by atoms with E-state index in [9.17, 15) is 4.79 Å². The van der Waals surface area contributed by atoms with Gasteiger partial charge in [0.05, 0.1) is 12.1 Å². The van der Waals surface area contributed by atoms with Crippen LogP contribution in [0.3, 0.4) is 0 Å². The first kappa shape index (κ1) is 16.1. The molecule has 1 amide bonds. The van der Waals surface area contributed by atoms with Gasteiger partial charge in [0.15, 0.2) is 0 Å². The molecule has 1 aliphatic rings. The molecule has 0 spiro atoms. The zero-order chi connectivity index (χ0) is 13.0. The molecular weight excluding hydrogens is 287 g/mol. The summed E-state index contributed by atoms with van der Waals surface area (Å²) in [5.74, 6) is 0.576. The number of hydrogen-bond donors (Lipinski definition) is 2. The quantitative estimate of drug-likeness (QED) is 0.899. The van der Waals surface area contributed by atoms with Gasteiger partial charge < -0.3 is 15.4 Å². The summed E-state index contributed by atoms with van der Waals surface area (Å²) in [5.41, 5.74) is 0.708. The van der Waals surface area contributed by atoms with E-state index in [1.165, 1.54) is 0 Å². The fraction of sp³-hybridized carbons (Fsp3) is 0.462. The number of nitrogens with one attached hydrogen (secondary N) is 2. The molecule has 1 atom stereocenters. The van der Waals surface area contributed by atoms with Crippen molar-refractivity contribution in [3.63, 3.8) is 0 Å². The van der Waals surface area contributed by atoms with E-state index in [1.54, 1.807) is 25.3 Å². The molecule has 0 saturated carbocycles. The molecule has 6 heteroatoms. The standard InChI is InChI=1S/C13H17ClN2O2.ClH/c1-18-12-7-10(4-5-11(12)14)16-13(17)8-9-3-2-6-15-9;/h4-5,7,9,15H,2-3,6,8H2,1H3,(H,16,17);1H. The third-order valence-electron chi connectivity index (χ3n) is 3.03. The van der Waals surface area contributed by atoms with Crippen molar-refractivity contribution in [1.29, 1.82) is 0 Å². The third kappa shape index (κ3) is 4.56. The van der Waals surface area contributed by atoms with E-state index < -0.39 is 0 Å². The Morgan fingerprint density at radius 1 is 1.58 bits per heavy atom. The van der Waals surface area contributed by atoms with Gasteiger partial charge in [-0.2, -0.15) is 0 Å². The molecule has 1 saturated heterocycles. The van der Waals surface area contributed by atoms with Crippen molar-refractivity contribution in [1.82, 2.24) is 5.32 Å². The fourth-order valence-corrected chi connectivity index (χ4v) is 2.30. The predicted octanol–water partition coefficient (Wildman–Crippen LogP) is 2.85. The van der Waals surface area contributed by atoms with Gasteiger partial charge in [0.1, 0.15) is 5.75 Å². The van der Waals surface area contributed by atoms with Crippen LogP contribution < -0.4 is 15.4 Å². The SMILES string of the molecule is COc1cc(NC(=O)CC2CCCN2)ccc1Cl.Cl. The number of benzene rings is 1. The lowest BCUT2D eigenvalue weighted by atomic mass is 10.1. The summed E-state index contributed by atoms with van der Waals surface area (Å²) in [4.78, 5) is 11.8. The van der Waals surface area contributed by atoms with Crippen LogP contribution in [0.15, 0.2) is 18.2 Å². The highest BCUT2D eigenvalue weighted by atomic mass is 35.5. The lowest BCUT2D eigenvalue weighted by Gasteiger charge is -2.11. The van der Waals surface area contributed by atoms with Crippen molar-refractivity contribution in [3.05, 3.63) is 23.2 Å². The Morgan fingerprint density at radius 2 is 2.37 bits per heavy atom. The lowest BCUT2D eigenvalue weighted by Crippen LogP contribution is -2.27. The summed E-state index contributed by atoms with van der Waals surface area (Å²) in [6.07, 6.45) is 2.72. The molecule has 0 aliphatic carbocycles. The van der Waals surface area contributed by atoms with E-state index in [-0.39, 0.29) is 18.3 Å². The molecule has 0 aromatic heterocycles. The van der Waals surface area contributed by atoms with Crippen molar-refractivity contribution in [2.24, 2.45) is 0 Å². The average molecular weight is 305 g/mol. The Kier molecular flexibility index (Phi) is 6.42. The van der Waals surface area contributed by atoms with Crippen LogP contribution in [0.5, 0.6) is 5.75 Å². The van der Waals surface area contributed by atoms with E-state index in [1.807, 2.05) is 0 Å². The molecule has 19 heavy (non-hydrogen) atoms. The summed E-state index contributed by atoms with van der Waals surface area (Å²) < 4.78 is 5.11. The van der Waals surface area contributed by atoms with E-state index in [2.05, 4.69) is 10.6 Å². The molecule has 2 rings (SSSR count). The Labute approximate surface area is 124 Å². The number of carbonyl (C=O) groups excluding carboxylic acids is 1. The second-order valence-electron chi connectivity index (χ2n) is 4.39. The highest BCUT2D eigenvalue weighted by molar-refractivity contribution is 6.32. The van der Waals surface area contributed by atoms with Crippen LogP contribution in [0.25, 0.3) is 0 Å². The minimum absolute atomic E-state index is 0. The number of amides is 1. The van der Waals surface area contributed by atoms with Gasteiger partial charge in [-0.05, 0) is 31.5 Å². The van der Waals surface area contributed by atoms with Crippen LogP contribution in [0.2, 0.25) is 5.02 Å². The topological polar surface area (TPSA) is 50.4 Å². The number of rotatable bonds is 4. The highest BCUT2D eigenvalue weighted by Gasteiger charge is 2.17. The third-order valence-corrected chi connectivity index (χ3v) is 3.34. The maximum absolute atomic E-state index is 11.8. The van der Waals surface area contributed by atoms with Crippen LogP contribution in [-0.2, 0) is 4.79 Å². The predicted molar refractivity (Wildman–Crippen MR) is 79.5 cm³/mol. The van der Waals surface area contributed by atoms with Crippen molar-refractivity contribution in [2.45, 2.75) is 25.3 Å². The molecule has 0 bridgehead atoms. The molecule has 4 nitrogen and oxygen atoms in total. The maximum Gasteiger partial charge on any atom is 0.225 e. The zero-order valence-corrected chi connectivity index (χ0v) is 12.3. The second-order valence-corrected chi connectivity index (χ2v) is 4.80. The monoisotopic (exact) mass is 304 g/mol. The van der Waals surface area contributed by atoms with Crippen LogP contribution in [0.1, 0.15) is 19.3 Å². The van der Waals surface area contributed by atoms with Crippen LogP contribution in [0.4, 0.5) is 5.69 Å². The van der Waals surface area contributed by atoms with Gasteiger partial charge in [0, 0.05) is 24.2 Å². The van der Waals surface area contributed by atoms with E-state index >= 15 is 0 Å². The summed E-state index contributed by atoms with van der Waals surface area (Å²) in [7, 11) is 1.55. The molecule has 106 valence electrons. The number of hydrogen-bond acceptors (Lipinski definition) is 3. The summed E-state index contributed by atoms with van der Waals surface area (Å²) in [6.45, 7) is 1.01. The van der Waals surface area contributed by atoms with Crippen molar-refractivity contribution in [3.8, 4) is 5.75 Å². The van der Waals surface area contributed by atoms with Crippen molar-refractivity contribution >= 4 is 35.6 Å². The molecule has 1 fully saturated rings. The van der Waals surface area contributed by atoms with Gasteiger partial charge in [-0.15, -0.1) is 12.4 Å². The fourth-order valence-electron chi connectivity index (χ4n) is 2.10. The molecule has 2 N–H and O–H groups in total. The first-order valence-electron chi connectivity index (χ1n) is 6.06.